The lowest BCUT2D eigenvalue weighted by atomic mass is 9.94. The van der Waals surface area contributed by atoms with Crippen molar-refractivity contribution in [2.24, 2.45) is 0 Å². The predicted molar refractivity (Wildman–Crippen MR) is 116 cm³/mol. The van der Waals surface area contributed by atoms with E-state index in [0.29, 0.717) is 51.4 Å². The summed E-state index contributed by atoms with van der Waals surface area (Å²) in [5.41, 5.74) is -0.141. The van der Waals surface area contributed by atoms with Crippen molar-refractivity contribution in [1.82, 2.24) is 4.90 Å². The molecule has 1 fully saturated rings. The van der Waals surface area contributed by atoms with E-state index < -0.39 is 11.6 Å². The zero-order valence-corrected chi connectivity index (χ0v) is 18.1. The van der Waals surface area contributed by atoms with E-state index in [1.165, 1.54) is 12.1 Å². The minimum Gasteiger partial charge on any atom is -0.494 e. The molecule has 0 bridgehead atoms. The summed E-state index contributed by atoms with van der Waals surface area (Å²) in [4.78, 5) is 13.1. The van der Waals surface area contributed by atoms with Crippen molar-refractivity contribution in [3.05, 3.63) is 53.6 Å². The number of ether oxygens (including phenoxy) is 3. The SMILES string of the molecule is CCOc1cc(CN2CCC(F)(COc3ccc(C(=O)O)cc3)CC2)cc(OCC)c1. The zero-order valence-electron chi connectivity index (χ0n) is 18.1. The summed E-state index contributed by atoms with van der Waals surface area (Å²) in [6.07, 6.45) is 0.757. The van der Waals surface area contributed by atoms with E-state index in [0.717, 1.165) is 17.1 Å². The van der Waals surface area contributed by atoms with E-state index in [-0.39, 0.29) is 12.2 Å². The number of carboxylic acid groups (broad SMARTS) is 1. The van der Waals surface area contributed by atoms with Crippen molar-refractivity contribution in [3.63, 3.8) is 0 Å². The average molecular weight is 432 g/mol. The molecule has 0 spiro atoms. The molecule has 0 aliphatic carbocycles. The molecule has 1 aliphatic heterocycles. The van der Waals surface area contributed by atoms with E-state index in [1.807, 2.05) is 32.0 Å². The maximum absolute atomic E-state index is 15.2. The molecule has 0 saturated carbocycles. The van der Waals surface area contributed by atoms with Crippen LogP contribution >= 0.6 is 0 Å². The molecular formula is C24H30FNO5. The van der Waals surface area contributed by atoms with Crippen LogP contribution in [0.1, 0.15) is 42.6 Å². The maximum Gasteiger partial charge on any atom is 0.335 e. The highest BCUT2D eigenvalue weighted by atomic mass is 19.1. The molecule has 2 aromatic carbocycles. The number of piperidine rings is 1. The molecule has 2 aromatic rings. The van der Waals surface area contributed by atoms with Crippen LogP contribution in [0.25, 0.3) is 0 Å². The molecule has 0 amide bonds. The summed E-state index contributed by atoms with van der Waals surface area (Å²) >= 11 is 0. The Bertz CT molecular complexity index is 839. The fourth-order valence-electron chi connectivity index (χ4n) is 3.64. The van der Waals surface area contributed by atoms with Gasteiger partial charge in [0.05, 0.1) is 18.8 Å². The van der Waals surface area contributed by atoms with Crippen LogP contribution in [0.15, 0.2) is 42.5 Å². The Balaban J connectivity index is 1.53. The highest BCUT2D eigenvalue weighted by Gasteiger charge is 2.35. The van der Waals surface area contributed by atoms with Crippen molar-refractivity contribution < 1.29 is 28.5 Å². The van der Waals surface area contributed by atoms with Gasteiger partial charge < -0.3 is 19.3 Å². The van der Waals surface area contributed by atoms with Crippen LogP contribution in [0.3, 0.4) is 0 Å². The first kappa shape index (κ1) is 22.9. The van der Waals surface area contributed by atoms with Crippen LogP contribution in [-0.2, 0) is 6.54 Å². The van der Waals surface area contributed by atoms with E-state index in [2.05, 4.69) is 4.90 Å². The van der Waals surface area contributed by atoms with Crippen LogP contribution in [0.2, 0.25) is 0 Å². The molecule has 0 atom stereocenters. The predicted octanol–water partition coefficient (Wildman–Crippen LogP) is 4.57. The monoisotopic (exact) mass is 431 g/mol. The molecule has 7 heteroatoms. The van der Waals surface area contributed by atoms with Gasteiger partial charge >= 0.3 is 5.97 Å². The first-order valence-corrected chi connectivity index (χ1v) is 10.7. The van der Waals surface area contributed by atoms with Crippen molar-refractivity contribution in [2.45, 2.75) is 38.9 Å². The van der Waals surface area contributed by atoms with Crippen LogP contribution < -0.4 is 14.2 Å². The van der Waals surface area contributed by atoms with Gasteiger partial charge in [0.1, 0.15) is 29.5 Å². The zero-order chi connectivity index (χ0) is 22.3. The number of rotatable bonds is 10. The van der Waals surface area contributed by atoms with E-state index >= 15 is 4.39 Å². The number of carbonyl (C=O) groups is 1. The van der Waals surface area contributed by atoms with E-state index in [9.17, 15) is 4.79 Å². The standard InChI is InChI=1S/C24H30FNO5/c1-3-29-21-13-18(14-22(15-21)30-4-2)16-26-11-9-24(25,10-12-26)17-31-20-7-5-19(6-8-20)23(27)28/h5-8,13-15H,3-4,9-12,16-17H2,1-2H3,(H,27,28). The third-order valence-corrected chi connectivity index (χ3v) is 5.32. The van der Waals surface area contributed by atoms with Crippen molar-refractivity contribution >= 4 is 5.97 Å². The number of likely N-dealkylation sites (tertiary alicyclic amines) is 1. The van der Waals surface area contributed by atoms with Crippen LogP contribution in [0.5, 0.6) is 17.2 Å². The topological polar surface area (TPSA) is 68.2 Å². The van der Waals surface area contributed by atoms with Gasteiger partial charge in [-0.15, -0.1) is 0 Å². The van der Waals surface area contributed by atoms with Gasteiger partial charge in [0.25, 0.3) is 0 Å². The Morgan fingerprint density at radius 3 is 2.06 bits per heavy atom. The number of carboxylic acids is 1. The Kier molecular flexibility index (Phi) is 7.74. The van der Waals surface area contributed by atoms with Gasteiger partial charge in [-0.3, -0.25) is 4.90 Å². The lowest BCUT2D eigenvalue weighted by Crippen LogP contribution is -2.44. The summed E-state index contributed by atoms with van der Waals surface area (Å²) in [6, 6.07) is 11.9. The van der Waals surface area contributed by atoms with E-state index in [1.54, 1.807) is 12.1 Å². The molecule has 6 nitrogen and oxygen atoms in total. The molecule has 1 heterocycles. The molecule has 1 saturated heterocycles. The van der Waals surface area contributed by atoms with Crippen LogP contribution in [0.4, 0.5) is 4.39 Å². The molecule has 1 aliphatic rings. The lowest BCUT2D eigenvalue weighted by molar-refractivity contribution is 0.0152. The highest BCUT2D eigenvalue weighted by molar-refractivity contribution is 5.87. The minimum absolute atomic E-state index is 0.0401. The second kappa shape index (κ2) is 10.5. The van der Waals surface area contributed by atoms with Crippen molar-refractivity contribution in [2.75, 3.05) is 32.9 Å². The first-order chi connectivity index (χ1) is 14.9. The Morgan fingerprint density at radius 1 is 0.968 bits per heavy atom. The fourth-order valence-corrected chi connectivity index (χ4v) is 3.64. The fraction of sp³-hybridized carbons (Fsp3) is 0.458. The molecular weight excluding hydrogens is 401 g/mol. The number of alkyl halides is 1. The number of benzene rings is 2. The van der Waals surface area contributed by atoms with E-state index in [4.69, 9.17) is 19.3 Å². The third kappa shape index (κ3) is 6.59. The molecule has 0 unspecified atom stereocenters. The largest absolute Gasteiger partial charge is 0.494 e. The summed E-state index contributed by atoms with van der Waals surface area (Å²) in [5.74, 6) is 1.03. The molecule has 3 rings (SSSR count). The van der Waals surface area contributed by atoms with Gasteiger partial charge in [-0.05, 0) is 68.7 Å². The molecule has 31 heavy (non-hydrogen) atoms. The first-order valence-electron chi connectivity index (χ1n) is 10.7. The highest BCUT2D eigenvalue weighted by Crippen LogP contribution is 2.30. The van der Waals surface area contributed by atoms with Crippen LogP contribution in [0, 0.1) is 0 Å². The summed E-state index contributed by atoms with van der Waals surface area (Å²) in [5, 5.41) is 8.95. The Labute approximate surface area is 182 Å². The third-order valence-electron chi connectivity index (χ3n) is 5.32. The normalized spacial score (nSPS) is 16.0. The molecule has 168 valence electrons. The second-order valence-corrected chi connectivity index (χ2v) is 7.72. The maximum atomic E-state index is 15.2. The lowest BCUT2D eigenvalue weighted by Gasteiger charge is -2.36. The number of hydrogen-bond donors (Lipinski definition) is 1. The van der Waals surface area contributed by atoms with Crippen molar-refractivity contribution in [3.8, 4) is 17.2 Å². The van der Waals surface area contributed by atoms with Gasteiger partial charge in [-0.1, -0.05) is 0 Å². The molecule has 1 N–H and O–H groups in total. The smallest absolute Gasteiger partial charge is 0.335 e. The summed E-state index contributed by atoms with van der Waals surface area (Å²) < 4.78 is 32.1. The second-order valence-electron chi connectivity index (χ2n) is 7.72. The number of aromatic carboxylic acids is 1. The number of halogens is 1. The average Bonchev–Trinajstić information content (AvgIpc) is 2.75. The number of nitrogens with zero attached hydrogens (tertiary/aromatic N) is 1. The Hall–Kier alpha value is -2.80. The number of hydrogen-bond acceptors (Lipinski definition) is 5. The van der Waals surface area contributed by atoms with Gasteiger partial charge in [0.15, 0.2) is 0 Å². The van der Waals surface area contributed by atoms with Crippen LogP contribution in [-0.4, -0.2) is 54.6 Å². The summed E-state index contributed by atoms with van der Waals surface area (Å²) in [6.45, 7) is 6.98. The quantitative estimate of drug-likeness (QED) is 0.595. The summed E-state index contributed by atoms with van der Waals surface area (Å²) in [7, 11) is 0. The van der Waals surface area contributed by atoms with Gasteiger partial charge in [-0.2, -0.15) is 0 Å². The van der Waals surface area contributed by atoms with Gasteiger partial charge in [0.2, 0.25) is 0 Å². The van der Waals surface area contributed by atoms with Gasteiger partial charge in [-0.25, -0.2) is 9.18 Å². The minimum atomic E-state index is -1.40. The van der Waals surface area contributed by atoms with Gasteiger partial charge in [0, 0.05) is 25.7 Å². The Morgan fingerprint density at radius 2 is 1.55 bits per heavy atom. The van der Waals surface area contributed by atoms with Crippen molar-refractivity contribution in [1.29, 1.82) is 0 Å². The molecule has 0 radical (unpaired) electrons. The molecule has 0 aromatic heterocycles.